The molecule has 4 nitrogen and oxygen atoms in total. The Morgan fingerprint density at radius 3 is 2.84 bits per heavy atom. The largest absolute Gasteiger partial charge is 0.477 e. The van der Waals surface area contributed by atoms with Crippen LogP contribution in [-0.4, -0.2) is 33.5 Å². The number of hydrogen-bond acceptors (Lipinski definition) is 3. The molecule has 1 N–H and O–H groups in total. The van der Waals surface area contributed by atoms with E-state index < -0.39 is 5.97 Å². The quantitative estimate of drug-likeness (QED) is 0.821. The van der Waals surface area contributed by atoms with Crippen LogP contribution in [0.25, 0.3) is 0 Å². The zero-order valence-electron chi connectivity index (χ0n) is 11.7. The van der Waals surface area contributed by atoms with Gasteiger partial charge in [-0.05, 0) is 43.4 Å². The molecular weight excluding hydrogens is 240 g/mol. The SMILES string of the molecule is CC(C)CCN(Cc1cccnc1C(=O)O)C1CC1. The van der Waals surface area contributed by atoms with Crippen molar-refractivity contribution in [1.82, 2.24) is 9.88 Å². The van der Waals surface area contributed by atoms with E-state index in [1.165, 1.54) is 12.8 Å². The summed E-state index contributed by atoms with van der Waals surface area (Å²) in [5.41, 5.74) is 1.02. The topological polar surface area (TPSA) is 53.4 Å². The summed E-state index contributed by atoms with van der Waals surface area (Å²) < 4.78 is 0. The predicted molar refractivity (Wildman–Crippen MR) is 74.1 cm³/mol. The van der Waals surface area contributed by atoms with Gasteiger partial charge in [0.25, 0.3) is 0 Å². The van der Waals surface area contributed by atoms with E-state index in [0.717, 1.165) is 18.5 Å². The Morgan fingerprint density at radius 2 is 2.26 bits per heavy atom. The molecule has 1 fully saturated rings. The van der Waals surface area contributed by atoms with Crippen molar-refractivity contribution in [2.45, 2.75) is 45.7 Å². The van der Waals surface area contributed by atoms with Gasteiger partial charge in [-0.25, -0.2) is 9.78 Å². The maximum Gasteiger partial charge on any atom is 0.354 e. The first-order valence-electron chi connectivity index (χ1n) is 6.99. The van der Waals surface area contributed by atoms with Gasteiger partial charge in [-0.1, -0.05) is 19.9 Å². The first kappa shape index (κ1) is 14.0. The molecular formula is C15H22N2O2. The summed E-state index contributed by atoms with van der Waals surface area (Å²) in [7, 11) is 0. The zero-order valence-corrected chi connectivity index (χ0v) is 11.7. The summed E-state index contributed by atoms with van der Waals surface area (Å²) >= 11 is 0. The molecule has 0 atom stereocenters. The van der Waals surface area contributed by atoms with Crippen LogP contribution in [0.3, 0.4) is 0 Å². The lowest BCUT2D eigenvalue weighted by molar-refractivity contribution is 0.0687. The van der Waals surface area contributed by atoms with E-state index >= 15 is 0 Å². The van der Waals surface area contributed by atoms with Crippen LogP contribution in [0.2, 0.25) is 0 Å². The van der Waals surface area contributed by atoms with Crippen LogP contribution in [0.1, 0.15) is 49.2 Å². The minimum absolute atomic E-state index is 0.192. The Labute approximate surface area is 114 Å². The zero-order chi connectivity index (χ0) is 13.8. The standard InChI is InChI=1S/C15H22N2O2/c1-11(2)7-9-17(13-5-6-13)10-12-4-3-8-16-14(12)15(18)19/h3-4,8,11,13H,5-7,9-10H2,1-2H3,(H,18,19). The van der Waals surface area contributed by atoms with Gasteiger partial charge >= 0.3 is 5.97 Å². The fourth-order valence-corrected chi connectivity index (χ4v) is 2.23. The number of pyridine rings is 1. The van der Waals surface area contributed by atoms with E-state index in [4.69, 9.17) is 5.11 Å². The molecule has 104 valence electrons. The van der Waals surface area contributed by atoms with Gasteiger partial charge in [0.15, 0.2) is 5.69 Å². The van der Waals surface area contributed by atoms with Gasteiger partial charge in [0.05, 0.1) is 0 Å². The number of hydrogen-bond donors (Lipinski definition) is 1. The van der Waals surface area contributed by atoms with Crippen LogP contribution >= 0.6 is 0 Å². The van der Waals surface area contributed by atoms with Crippen LogP contribution in [-0.2, 0) is 6.54 Å². The fourth-order valence-electron chi connectivity index (χ4n) is 2.23. The molecule has 0 unspecified atom stereocenters. The molecule has 1 aromatic heterocycles. The smallest absolute Gasteiger partial charge is 0.354 e. The minimum atomic E-state index is -0.935. The highest BCUT2D eigenvalue weighted by molar-refractivity contribution is 5.86. The average molecular weight is 262 g/mol. The lowest BCUT2D eigenvalue weighted by atomic mass is 10.1. The number of aromatic carboxylic acids is 1. The monoisotopic (exact) mass is 262 g/mol. The number of carboxylic acids is 1. The summed E-state index contributed by atoms with van der Waals surface area (Å²) in [6.45, 7) is 6.18. The summed E-state index contributed by atoms with van der Waals surface area (Å²) in [6, 6.07) is 4.33. The fraction of sp³-hybridized carbons (Fsp3) is 0.600. The number of aromatic nitrogens is 1. The van der Waals surface area contributed by atoms with Crippen molar-refractivity contribution in [3.63, 3.8) is 0 Å². The summed E-state index contributed by atoms with van der Waals surface area (Å²) in [4.78, 5) is 17.6. The molecule has 0 saturated heterocycles. The van der Waals surface area contributed by atoms with Gasteiger partial charge in [-0.15, -0.1) is 0 Å². The van der Waals surface area contributed by atoms with E-state index in [-0.39, 0.29) is 5.69 Å². The van der Waals surface area contributed by atoms with Crippen molar-refractivity contribution in [2.24, 2.45) is 5.92 Å². The molecule has 19 heavy (non-hydrogen) atoms. The van der Waals surface area contributed by atoms with Crippen molar-refractivity contribution in [1.29, 1.82) is 0 Å². The number of carboxylic acid groups (broad SMARTS) is 1. The average Bonchev–Trinajstić information content (AvgIpc) is 3.18. The van der Waals surface area contributed by atoms with Gasteiger partial charge in [-0.3, -0.25) is 4.90 Å². The highest BCUT2D eigenvalue weighted by Gasteiger charge is 2.29. The molecule has 0 amide bonds. The second-order valence-corrected chi connectivity index (χ2v) is 5.70. The van der Waals surface area contributed by atoms with Crippen LogP contribution in [0.15, 0.2) is 18.3 Å². The molecule has 1 aliphatic carbocycles. The Morgan fingerprint density at radius 1 is 1.53 bits per heavy atom. The van der Waals surface area contributed by atoms with Crippen LogP contribution in [0, 0.1) is 5.92 Å². The Bertz CT molecular complexity index is 442. The summed E-state index contributed by atoms with van der Waals surface area (Å²) in [5.74, 6) is -0.260. The highest BCUT2D eigenvalue weighted by atomic mass is 16.4. The molecule has 1 saturated carbocycles. The van der Waals surface area contributed by atoms with Crippen LogP contribution in [0.4, 0.5) is 0 Å². The molecule has 0 aliphatic heterocycles. The third-order valence-corrected chi connectivity index (χ3v) is 3.52. The van der Waals surface area contributed by atoms with Crippen molar-refractivity contribution in [2.75, 3.05) is 6.54 Å². The Kier molecular flexibility index (Phi) is 4.53. The van der Waals surface area contributed by atoms with Crippen molar-refractivity contribution >= 4 is 5.97 Å². The molecule has 0 bridgehead atoms. The van der Waals surface area contributed by atoms with Crippen LogP contribution < -0.4 is 0 Å². The molecule has 1 heterocycles. The summed E-state index contributed by atoms with van der Waals surface area (Å²) in [6.07, 6.45) is 5.17. The van der Waals surface area contributed by atoms with Crippen LogP contribution in [0.5, 0.6) is 0 Å². The summed E-state index contributed by atoms with van der Waals surface area (Å²) in [5, 5.41) is 9.17. The Balaban J connectivity index is 2.06. The molecule has 0 spiro atoms. The van der Waals surface area contributed by atoms with E-state index in [0.29, 0.717) is 18.5 Å². The van der Waals surface area contributed by atoms with Gasteiger partial charge in [-0.2, -0.15) is 0 Å². The predicted octanol–water partition coefficient (Wildman–Crippen LogP) is 2.79. The minimum Gasteiger partial charge on any atom is -0.477 e. The number of nitrogens with zero attached hydrogens (tertiary/aromatic N) is 2. The van der Waals surface area contributed by atoms with Gasteiger partial charge < -0.3 is 5.11 Å². The normalized spacial score (nSPS) is 15.2. The van der Waals surface area contributed by atoms with Crippen molar-refractivity contribution in [3.05, 3.63) is 29.6 Å². The lowest BCUT2D eigenvalue weighted by Gasteiger charge is -2.23. The van der Waals surface area contributed by atoms with Gasteiger partial charge in [0, 0.05) is 18.8 Å². The lowest BCUT2D eigenvalue weighted by Crippen LogP contribution is -2.28. The van der Waals surface area contributed by atoms with E-state index in [1.807, 2.05) is 12.1 Å². The van der Waals surface area contributed by atoms with Gasteiger partial charge in [0.2, 0.25) is 0 Å². The highest BCUT2D eigenvalue weighted by Crippen LogP contribution is 2.29. The van der Waals surface area contributed by atoms with E-state index in [2.05, 4.69) is 23.7 Å². The molecule has 4 heteroatoms. The maximum absolute atomic E-state index is 11.2. The second kappa shape index (κ2) is 6.15. The maximum atomic E-state index is 11.2. The molecule has 1 aromatic rings. The Hall–Kier alpha value is -1.42. The number of rotatable bonds is 7. The molecule has 2 rings (SSSR count). The molecule has 0 radical (unpaired) electrons. The second-order valence-electron chi connectivity index (χ2n) is 5.70. The molecule has 0 aromatic carbocycles. The number of carbonyl (C=O) groups is 1. The first-order chi connectivity index (χ1) is 9.08. The molecule has 1 aliphatic rings. The van der Waals surface area contributed by atoms with E-state index in [9.17, 15) is 4.79 Å². The third-order valence-electron chi connectivity index (χ3n) is 3.52. The van der Waals surface area contributed by atoms with Crippen molar-refractivity contribution < 1.29 is 9.90 Å². The third kappa shape index (κ3) is 4.03. The van der Waals surface area contributed by atoms with Gasteiger partial charge in [0.1, 0.15) is 0 Å². The first-order valence-corrected chi connectivity index (χ1v) is 6.99. The van der Waals surface area contributed by atoms with E-state index in [1.54, 1.807) is 6.20 Å². The van der Waals surface area contributed by atoms with Crippen molar-refractivity contribution in [3.8, 4) is 0 Å².